The minimum Gasteiger partial charge on any atom is -0.497 e. The van der Waals surface area contributed by atoms with Gasteiger partial charge in [-0.05, 0) is 85.7 Å². The Hall–Kier alpha value is -4.67. The van der Waals surface area contributed by atoms with E-state index in [4.69, 9.17) is 14.2 Å². The Morgan fingerprint density at radius 2 is 1.68 bits per heavy atom. The summed E-state index contributed by atoms with van der Waals surface area (Å²) in [6.07, 6.45) is 3.37. The number of methoxy groups -OCH3 is 1. The number of carbonyl (C=O) groups excluding carboxylic acids is 2. The van der Waals surface area contributed by atoms with Crippen molar-refractivity contribution in [3.8, 4) is 17.0 Å². The molecular weight excluding hydrogens is 752 g/mol. The third-order valence-electron chi connectivity index (χ3n) is 11.4. The highest BCUT2D eigenvalue weighted by Gasteiger charge is 2.42. The molecule has 16 heteroatoms. The molecule has 8 rings (SSSR count). The van der Waals surface area contributed by atoms with E-state index >= 15 is 0 Å². The maximum atomic E-state index is 14.6. The van der Waals surface area contributed by atoms with Crippen molar-refractivity contribution >= 4 is 44.4 Å². The van der Waals surface area contributed by atoms with Gasteiger partial charge in [-0.1, -0.05) is 25.3 Å². The maximum absolute atomic E-state index is 14.6. The van der Waals surface area contributed by atoms with E-state index in [2.05, 4.69) is 9.82 Å². The molecule has 2 amide bonds. The van der Waals surface area contributed by atoms with E-state index in [0.29, 0.717) is 22.4 Å². The Balaban J connectivity index is 1.36. The molecule has 0 spiro atoms. The van der Waals surface area contributed by atoms with Crippen LogP contribution in [0.4, 0.5) is 13.2 Å². The fourth-order valence-electron chi connectivity index (χ4n) is 8.67. The quantitative estimate of drug-likeness (QED) is 0.217. The lowest BCUT2D eigenvalue weighted by molar-refractivity contribution is -0.142. The van der Waals surface area contributed by atoms with Gasteiger partial charge in [-0.2, -0.15) is 18.3 Å². The molecule has 1 aliphatic carbocycles. The third kappa shape index (κ3) is 7.00. The van der Waals surface area contributed by atoms with Crippen molar-refractivity contribution in [3.05, 3.63) is 70.5 Å². The number of amides is 2. The highest BCUT2D eigenvalue weighted by molar-refractivity contribution is 7.90. The van der Waals surface area contributed by atoms with Gasteiger partial charge in [0.05, 0.1) is 80.6 Å². The number of benzene rings is 2. The van der Waals surface area contributed by atoms with Crippen LogP contribution >= 0.6 is 0 Å². The molecule has 1 N–H and O–H groups in total. The zero-order valence-corrected chi connectivity index (χ0v) is 32.2. The SMILES string of the molecule is COc1ccc2c(c1)C=C(c1c(C(=O)N3C4COCC3COC4)cnn1CC(F)(F)F)Cn1c-2c(C2CCCCC2)c2ccc(C(=O)NS(=O)(=O)C(C)C)cc21. The zero-order chi connectivity index (χ0) is 39.5. The first kappa shape index (κ1) is 38.2. The number of nitrogens with zero attached hydrogens (tertiary/aromatic N) is 4. The molecule has 12 nitrogen and oxygen atoms in total. The van der Waals surface area contributed by atoms with Crippen molar-refractivity contribution in [1.29, 1.82) is 0 Å². The summed E-state index contributed by atoms with van der Waals surface area (Å²) < 4.78 is 90.4. The van der Waals surface area contributed by atoms with Crippen LogP contribution in [-0.4, -0.2) is 96.5 Å². The van der Waals surface area contributed by atoms with Gasteiger partial charge in [-0.15, -0.1) is 0 Å². The molecule has 298 valence electrons. The number of sulfonamides is 1. The number of rotatable bonds is 8. The summed E-state index contributed by atoms with van der Waals surface area (Å²) in [5, 5.41) is 4.21. The third-order valence-corrected chi connectivity index (χ3v) is 13.1. The second-order valence-corrected chi connectivity index (χ2v) is 17.6. The standard InChI is InChI=1S/C40H44F3N5O7S/c1-23(2)56(51,52)45-38(49)25-9-11-32-34(15-25)46-17-27(13-26-14-30(53-3)10-12-31(26)37(46)35(32)24-7-5-4-6-8-24)36-33(16-44-47(36)22-40(41,42)43)39(50)48-28-18-54-20-29(48)21-55-19-28/h9-16,23-24,28-29H,4-8,17-22H2,1-3H3,(H,45,49). The van der Waals surface area contributed by atoms with Crippen LogP contribution in [0.15, 0.2) is 42.6 Å². The van der Waals surface area contributed by atoms with Crippen molar-refractivity contribution in [2.24, 2.45) is 0 Å². The molecule has 2 bridgehead atoms. The number of morpholine rings is 2. The Labute approximate surface area is 322 Å². The van der Waals surface area contributed by atoms with E-state index < -0.39 is 51.9 Å². The largest absolute Gasteiger partial charge is 0.497 e. The van der Waals surface area contributed by atoms with Gasteiger partial charge in [0.1, 0.15) is 12.3 Å². The van der Waals surface area contributed by atoms with Crippen LogP contribution in [0.25, 0.3) is 33.8 Å². The molecule has 4 aliphatic rings. The molecule has 4 aromatic rings. The minimum absolute atomic E-state index is 0.00776. The van der Waals surface area contributed by atoms with E-state index in [1.807, 2.05) is 28.8 Å². The first-order chi connectivity index (χ1) is 26.7. The molecule has 3 aliphatic heterocycles. The van der Waals surface area contributed by atoms with Gasteiger partial charge in [0, 0.05) is 22.0 Å². The molecule has 2 aromatic carbocycles. The van der Waals surface area contributed by atoms with E-state index in [1.54, 1.807) is 23.1 Å². The van der Waals surface area contributed by atoms with Gasteiger partial charge in [-0.25, -0.2) is 13.1 Å². The highest BCUT2D eigenvalue weighted by atomic mass is 32.2. The predicted molar refractivity (Wildman–Crippen MR) is 203 cm³/mol. The van der Waals surface area contributed by atoms with Gasteiger partial charge in [-0.3, -0.25) is 14.3 Å². The molecular formula is C40H44F3N5O7S. The summed E-state index contributed by atoms with van der Waals surface area (Å²) in [5.41, 5.74) is 4.55. The molecule has 3 fully saturated rings. The van der Waals surface area contributed by atoms with Gasteiger partial charge in [0.15, 0.2) is 0 Å². The van der Waals surface area contributed by atoms with Crippen LogP contribution in [0, 0.1) is 0 Å². The van der Waals surface area contributed by atoms with Gasteiger partial charge in [0.2, 0.25) is 10.0 Å². The van der Waals surface area contributed by atoms with Crippen molar-refractivity contribution in [1.82, 2.24) is 24.0 Å². The molecule has 2 saturated heterocycles. The van der Waals surface area contributed by atoms with Crippen molar-refractivity contribution in [2.45, 2.75) is 88.5 Å². The second kappa shape index (κ2) is 14.7. The number of ether oxygens (including phenoxy) is 3. The van der Waals surface area contributed by atoms with Crippen LogP contribution in [0.5, 0.6) is 5.75 Å². The number of halogens is 3. The van der Waals surface area contributed by atoms with Crippen molar-refractivity contribution < 1.29 is 45.4 Å². The lowest BCUT2D eigenvalue weighted by Gasteiger charge is -2.45. The number of carbonyl (C=O) groups is 2. The number of nitrogens with one attached hydrogen (secondary N) is 1. The van der Waals surface area contributed by atoms with Crippen LogP contribution in [-0.2, 0) is 32.6 Å². The summed E-state index contributed by atoms with van der Waals surface area (Å²) in [4.78, 5) is 29.7. The molecule has 0 radical (unpaired) electrons. The molecule has 5 heterocycles. The second-order valence-electron chi connectivity index (χ2n) is 15.3. The Morgan fingerprint density at radius 1 is 0.982 bits per heavy atom. The Kier molecular flexibility index (Phi) is 10.0. The van der Waals surface area contributed by atoms with Crippen LogP contribution in [0.3, 0.4) is 0 Å². The molecule has 1 saturated carbocycles. The van der Waals surface area contributed by atoms with E-state index in [9.17, 15) is 31.2 Å². The normalized spacial score (nSPS) is 20.3. The number of fused-ring (bicyclic) bond motifs is 7. The highest BCUT2D eigenvalue weighted by Crippen LogP contribution is 2.48. The summed E-state index contributed by atoms with van der Waals surface area (Å²) in [6.45, 7) is 2.48. The first-order valence-corrected chi connectivity index (χ1v) is 20.5. The average Bonchev–Trinajstić information content (AvgIpc) is 3.66. The fraction of sp³-hybridized carbons (Fsp3) is 0.475. The molecule has 0 atom stereocenters. The maximum Gasteiger partial charge on any atom is 0.408 e. The van der Waals surface area contributed by atoms with Crippen molar-refractivity contribution in [2.75, 3.05) is 33.5 Å². The van der Waals surface area contributed by atoms with E-state index in [-0.39, 0.29) is 55.7 Å². The van der Waals surface area contributed by atoms with E-state index in [1.165, 1.54) is 27.2 Å². The minimum atomic E-state index is -4.66. The molecule has 0 unspecified atom stereocenters. The monoisotopic (exact) mass is 795 g/mol. The topological polar surface area (TPSA) is 134 Å². The number of hydrogen-bond acceptors (Lipinski definition) is 8. The van der Waals surface area contributed by atoms with Crippen molar-refractivity contribution in [3.63, 3.8) is 0 Å². The van der Waals surface area contributed by atoms with Gasteiger partial charge in [0.25, 0.3) is 11.8 Å². The van der Waals surface area contributed by atoms with Gasteiger partial charge < -0.3 is 23.7 Å². The number of alkyl halides is 3. The Bertz CT molecular complexity index is 2320. The lowest BCUT2D eigenvalue weighted by Crippen LogP contribution is -2.61. The summed E-state index contributed by atoms with van der Waals surface area (Å²) in [7, 11) is -2.41. The van der Waals surface area contributed by atoms with Gasteiger partial charge >= 0.3 is 6.18 Å². The van der Waals surface area contributed by atoms with E-state index in [0.717, 1.165) is 59.0 Å². The van der Waals surface area contributed by atoms with Crippen LogP contribution in [0.1, 0.15) is 89.4 Å². The molecule has 56 heavy (non-hydrogen) atoms. The summed E-state index contributed by atoms with van der Waals surface area (Å²) in [6, 6.07) is 9.88. The predicted octanol–water partition coefficient (Wildman–Crippen LogP) is 6.39. The average molecular weight is 796 g/mol. The zero-order valence-electron chi connectivity index (χ0n) is 31.4. The molecule has 2 aromatic heterocycles. The Morgan fingerprint density at radius 3 is 2.32 bits per heavy atom. The summed E-state index contributed by atoms with van der Waals surface area (Å²) >= 11 is 0. The fourth-order valence-corrected chi connectivity index (χ4v) is 9.28. The van der Waals surface area contributed by atoms with Crippen LogP contribution < -0.4 is 9.46 Å². The summed E-state index contributed by atoms with van der Waals surface area (Å²) in [5.74, 6) is -0.566. The smallest absolute Gasteiger partial charge is 0.408 e. The lowest BCUT2D eigenvalue weighted by atomic mass is 9.81. The van der Waals surface area contributed by atoms with Crippen LogP contribution in [0.2, 0.25) is 0 Å². The number of allylic oxidation sites excluding steroid dienone is 1. The first-order valence-electron chi connectivity index (χ1n) is 19.0. The number of aromatic nitrogens is 3. The number of hydrogen-bond donors (Lipinski definition) is 1.